The molecule has 0 fully saturated rings. The minimum Gasteiger partial charge on any atom is -0.439 e. The normalized spacial score (nSPS) is 17.0. The van der Waals surface area contributed by atoms with E-state index < -0.39 is 0 Å². The smallest absolute Gasteiger partial charge is 0.439 e. The van der Waals surface area contributed by atoms with Crippen LogP contribution in [0.2, 0.25) is 0 Å². The number of hydrogen-bond acceptors (Lipinski definition) is 2. The first-order valence-corrected chi connectivity index (χ1v) is 3.26. The summed E-state index contributed by atoms with van der Waals surface area (Å²) in [4.78, 5) is 0. The van der Waals surface area contributed by atoms with E-state index in [1.165, 1.54) is 0 Å². The molecule has 1 aliphatic heterocycles. The van der Waals surface area contributed by atoms with Crippen LogP contribution in [0, 0.1) is 0 Å². The molecule has 0 N–H and O–H groups in total. The molecule has 0 amide bonds. The fourth-order valence-electron chi connectivity index (χ4n) is 0.655. The summed E-state index contributed by atoms with van der Waals surface area (Å²) in [6, 6.07) is 0. The van der Waals surface area contributed by atoms with Gasteiger partial charge in [-0.15, -0.1) is 0 Å². The monoisotopic (exact) mass is 143 g/mol. The van der Waals surface area contributed by atoms with Crippen molar-refractivity contribution in [3.8, 4) is 0 Å². The third-order valence-corrected chi connectivity index (χ3v) is 1.10. The zero-order valence-corrected chi connectivity index (χ0v) is 6.22. The number of hydrogen-bond donors (Lipinski definition) is 0. The quantitative estimate of drug-likeness (QED) is 0.404. The van der Waals surface area contributed by atoms with E-state index >= 15 is 0 Å². The molecule has 1 heterocycles. The maximum absolute atomic E-state index is 5.09. The van der Waals surface area contributed by atoms with Crippen LogP contribution in [-0.4, -0.2) is 19.4 Å². The van der Waals surface area contributed by atoms with E-state index in [-0.39, 0.29) is 6.79 Å². The zero-order chi connectivity index (χ0) is 7.40. The van der Waals surface area contributed by atoms with E-state index in [2.05, 4.69) is 0 Å². The lowest BCUT2D eigenvalue weighted by Crippen LogP contribution is -2.12. The molecule has 56 valence electrons. The Morgan fingerprint density at radius 3 is 3.20 bits per heavy atom. The number of rotatable bonds is 1. The summed E-state index contributed by atoms with van der Waals surface area (Å²) in [5, 5.41) is 0. The molecular formula is C7H11O3+. The lowest BCUT2D eigenvalue weighted by atomic mass is 10.5. The maximum atomic E-state index is 5.09. The molecule has 0 aliphatic carbocycles. The molecule has 0 unspecified atom stereocenters. The molecule has 10 heavy (non-hydrogen) atoms. The lowest BCUT2D eigenvalue weighted by Gasteiger charge is -2.02. The molecule has 0 saturated carbocycles. The highest BCUT2D eigenvalue weighted by Gasteiger charge is 2.15. The van der Waals surface area contributed by atoms with Gasteiger partial charge in [0.15, 0.2) is 6.61 Å². The van der Waals surface area contributed by atoms with Crippen LogP contribution in [0.5, 0.6) is 0 Å². The Balaban J connectivity index is 2.51. The van der Waals surface area contributed by atoms with Gasteiger partial charge in [0.25, 0.3) is 0 Å². The zero-order valence-electron chi connectivity index (χ0n) is 6.22. The van der Waals surface area contributed by atoms with Crippen LogP contribution in [0.1, 0.15) is 13.8 Å². The van der Waals surface area contributed by atoms with Gasteiger partial charge >= 0.3 is 12.8 Å². The third kappa shape index (κ3) is 1.76. The second-order valence-electron chi connectivity index (χ2n) is 1.91. The Bertz CT molecular complexity index is 170. The van der Waals surface area contributed by atoms with E-state index in [1.807, 2.05) is 13.8 Å². The number of allylic oxidation sites excluding steroid dienone is 1. The Labute approximate surface area is 59.9 Å². The van der Waals surface area contributed by atoms with Crippen molar-refractivity contribution in [1.82, 2.24) is 0 Å². The SMILES string of the molecule is CCOC1=[O+]COC(C)=C1. The molecule has 0 saturated heterocycles. The van der Waals surface area contributed by atoms with Gasteiger partial charge in [0.05, 0.1) is 0 Å². The fourth-order valence-corrected chi connectivity index (χ4v) is 0.655. The highest BCUT2D eigenvalue weighted by atomic mass is 16.7. The van der Waals surface area contributed by atoms with Crippen molar-refractivity contribution >= 4 is 5.97 Å². The van der Waals surface area contributed by atoms with Gasteiger partial charge in [-0.1, -0.05) is 0 Å². The van der Waals surface area contributed by atoms with E-state index in [0.29, 0.717) is 12.6 Å². The number of ether oxygens (including phenoxy) is 2. The van der Waals surface area contributed by atoms with Crippen LogP contribution in [0.25, 0.3) is 0 Å². The third-order valence-electron chi connectivity index (χ3n) is 1.10. The molecule has 3 heteroatoms. The van der Waals surface area contributed by atoms with Crippen LogP contribution >= 0.6 is 0 Å². The van der Waals surface area contributed by atoms with E-state index in [4.69, 9.17) is 13.9 Å². The minimum atomic E-state index is 0.262. The molecule has 0 bridgehead atoms. The van der Waals surface area contributed by atoms with Gasteiger partial charge in [-0.05, 0) is 13.8 Å². The molecule has 1 aliphatic rings. The van der Waals surface area contributed by atoms with Crippen LogP contribution in [0.15, 0.2) is 11.8 Å². The Kier molecular flexibility index (Phi) is 2.31. The summed E-state index contributed by atoms with van der Waals surface area (Å²) in [6.07, 6.45) is 1.73. The summed E-state index contributed by atoms with van der Waals surface area (Å²) in [6.45, 7) is 4.66. The van der Waals surface area contributed by atoms with Gasteiger partial charge in [0.1, 0.15) is 11.8 Å². The average molecular weight is 143 g/mol. The lowest BCUT2D eigenvalue weighted by molar-refractivity contribution is -0.514. The minimum absolute atomic E-state index is 0.262. The van der Waals surface area contributed by atoms with Gasteiger partial charge < -0.3 is 9.47 Å². The predicted molar refractivity (Wildman–Crippen MR) is 36.3 cm³/mol. The average Bonchev–Trinajstić information content (AvgIpc) is 1.88. The van der Waals surface area contributed by atoms with Crippen LogP contribution in [-0.2, 0) is 13.9 Å². The van der Waals surface area contributed by atoms with Crippen molar-refractivity contribution < 1.29 is 13.9 Å². The molecular weight excluding hydrogens is 132 g/mol. The molecule has 0 spiro atoms. The first-order valence-electron chi connectivity index (χ1n) is 3.26. The Hall–Kier alpha value is -0.990. The highest BCUT2D eigenvalue weighted by molar-refractivity contribution is 5.82. The van der Waals surface area contributed by atoms with Gasteiger partial charge in [0, 0.05) is 0 Å². The number of carbonyl (C=O) groups excluding carboxylic acids is 1. The largest absolute Gasteiger partial charge is 0.518 e. The standard InChI is InChI=1S/C7H11O3/c1-3-8-7-4-6(2)9-5-10-7/h4H,3,5H2,1-2H3/q+1. The molecule has 3 nitrogen and oxygen atoms in total. The van der Waals surface area contributed by atoms with Crippen molar-refractivity contribution in [2.45, 2.75) is 13.8 Å². The molecule has 1 rings (SSSR count). The molecule has 0 aromatic heterocycles. The van der Waals surface area contributed by atoms with E-state index in [9.17, 15) is 0 Å². The predicted octanol–water partition coefficient (Wildman–Crippen LogP) is 0.977. The van der Waals surface area contributed by atoms with Crippen molar-refractivity contribution in [3.05, 3.63) is 11.8 Å². The second-order valence-corrected chi connectivity index (χ2v) is 1.91. The first kappa shape index (κ1) is 7.12. The van der Waals surface area contributed by atoms with Crippen LogP contribution in [0.3, 0.4) is 0 Å². The molecule has 0 aromatic rings. The van der Waals surface area contributed by atoms with Gasteiger partial charge in [-0.2, -0.15) is 0 Å². The first-order chi connectivity index (χ1) is 4.83. The van der Waals surface area contributed by atoms with Crippen molar-refractivity contribution in [1.29, 1.82) is 0 Å². The fraction of sp³-hybridized carbons (Fsp3) is 0.571. The van der Waals surface area contributed by atoms with Gasteiger partial charge in [0.2, 0.25) is 0 Å². The van der Waals surface area contributed by atoms with Crippen molar-refractivity contribution in [2.24, 2.45) is 0 Å². The van der Waals surface area contributed by atoms with Gasteiger partial charge in [-0.3, -0.25) is 4.42 Å². The topological polar surface area (TPSA) is 29.8 Å². The molecule has 0 atom stereocenters. The van der Waals surface area contributed by atoms with Crippen molar-refractivity contribution in [2.75, 3.05) is 13.4 Å². The summed E-state index contributed by atoms with van der Waals surface area (Å²) in [5.41, 5.74) is 0. The van der Waals surface area contributed by atoms with Crippen LogP contribution in [0.4, 0.5) is 0 Å². The molecule has 0 radical (unpaired) electrons. The van der Waals surface area contributed by atoms with E-state index in [0.717, 1.165) is 5.76 Å². The Morgan fingerprint density at radius 1 is 1.80 bits per heavy atom. The maximum Gasteiger partial charge on any atom is 0.518 e. The Morgan fingerprint density at radius 2 is 2.60 bits per heavy atom. The molecule has 0 aromatic carbocycles. The van der Waals surface area contributed by atoms with E-state index in [1.54, 1.807) is 6.08 Å². The summed E-state index contributed by atoms with van der Waals surface area (Å²) in [7, 11) is 0. The second kappa shape index (κ2) is 3.25. The highest BCUT2D eigenvalue weighted by Crippen LogP contribution is 2.00. The summed E-state index contributed by atoms with van der Waals surface area (Å²) >= 11 is 0. The van der Waals surface area contributed by atoms with Gasteiger partial charge in [-0.25, -0.2) is 0 Å². The summed E-state index contributed by atoms with van der Waals surface area (Å²) in [5.74, 6) is 1.38. The van der Waals surface area contributed by atoms with Crippen molar-refractivity contribution in [3.63, 3.8) is 0 Å². The summed E-state index contributed by atoms with van der Waals surface area (Å²) < 4.78 is 15.1. The van der Waals surface area contributed by atoms with Crippen LogP contribution < -0.4 is 0 Å². The number of esters is 1.